The lowest BCUT2D eigenvalue weighted by molar-refractivity contribution is 1.02. The van der Waals surface area contributed by atoms with Crippen LogP contribution in [0.3, 0.4) is 0 Å². The number of aryl methyl sites for hydroxylation is 1. The molecule has 1 aliphatic heterocycles. The predicted octanol–water partition coefficient (Wildman–Crippen LogP) is 4.69. The van der Waals surface area contributed by atoms with E-state index in [2.05, 4.69) is 133 Å². The first-order valence-electron chi connectivity index (χ1n) is 11.5. The fourth-order valence-corrected chi connectivity index (χ4v) is 11.4. The molecule has 0 bridgehead atoms. The Labute approximate surface area is 194 Å². The van der Waals surface area contributed by atoms with Crippen molar-refractivity contribution in [3.8, 4) is 11.1 Å². The summed E-state index contributed by atoms with van der Waals surface area (Å²) in [5.74, 6) is 0. The van der Waals surface area contributed by atoms with Gasteiger partial charge in [-0.1, -0.05) is 115 Å². The van der Waals surface area contributed by atoms with Gasteiger partial charge in [0, 0.05) is 28.9 Å². The molecule has 0 saturated heterocycles. The lowest BCUT2D eigenvalue weighted by atomic mass is 10.0. The van der Waals surface area contributed by atoms with Crippen LogP contribution in [0.2, 0.25) is 0 Å². The molecule has 1 aromatic heterocycles. The summed E-state index contributed by atoms with van der Waals surface area (Å²) in [5.41, 5.74) is 5.45. The predicted molar refractivity (Wildman–Crippen MR) is 143 cm³/mol. The molecule has 156 valence electrons. The maximum Gasteiger partial charge on any atom is 0.180 e. The van der Waals surface area contributed by atoms with Crippen LogP contribution in [0.1, 0.15) is 0 Å². The average Bonchev–Trinajstić information content (AvgIpc) is 3.35. The Bertz CT molecular complexity index is 1620. The minimum atomic E-state index is -2.43. The highest BCUT2D eigenvalue weighted by molar-refractivity contribution is 7.22. The van der Waals surface area contributed by atoms with Gasteiger partial charge < -0.3 is 4.57 Å². The maximum absolute atomic E-state index is 2.44. The number of nitrogens with zero attached hydrogens (tertiary/aromatic N) is 1. The minimum absolute atomic E-state index is 1.29. The van der Waals surface area contributed by atoms with E-state index in [0.717, 1.165) is 0 Å². The van der Waals surface area contributed by atoms with Gasteiger partial charge in [0.05, 0.1) is 5.52 Å². The Morgan fingerprint density at radius 3 is 1.85 bits per heavy atom. The quantitative estimate of drug-likeness (QED) is 0.346. The fourth-order valence-electron chi connectivity index (χ4n) is 6.19. The molecule has 0 fully saturated rings. The Hall–Kier alpha value is -3.88. The van der Waals surface area contributed by atoms with Gasteiger partial charge in [-0.2, -0.15) is 0 Å². The fraction of sp³-hybridized carbons (Fsp3) is 0.0323. The SMILES string of the molecule is Cn1c2ccccc2c2ccc3c(c21)-c1ccccc1[Si]3(c1ccccc1)c1ccccc1. The molecule has 7 rings (SSSR count). The van der Waals surface area contributed by atoms with E-state index in [1.54, 1.807) is 0 Å². The lowest BCUT2D eigenvalue weighted by Crippen LogP contribution is -2.72. The average molecular weight is 438 g/mol. The van der Waals surface area contributed by atoms with E-state index >= 15 is 0 Å². The number of para-hydroxylation sites is 1. The van der Waals surface area contributed by atoms with Crippen molar-refractivity contribution in [1.82, 2.24) is 4.57 Å². The first-order chi connectivity index (χ1) is 16.3. The van der Waals surface area contributed by atoms with Crippen LogP contribution in [-0.4, -0.2) is 12.6 Å². The molecule has 6 aromatic rings. The van der Waals surface area contributed by atoms with Gasteiger partial charge in [0.1, 0.15) is 0 Å². The number of hydrogen-bond acceptors (Lipinski definition) is 0. The highest BCUT2D eigenvalue weighted by atomic mass is 28.3. The van der Waals surface area contributed by atoms with Gasteiger partial charge in [-0.15, -0.1) is 0 Å². The van der Waals surface area contributed by atoms with Gasteiger partial charge in [0.2, 0.25) is 0 Å². The monoisotopic (exact) mass is 437 g/mol. The third-order valence-electron chi connectivity index (χ3n) is 7.49. The van der Waals surface area contributed by atoms with Crippen molar-refractivity contribution in [3.05, 3.63) is 121 Å². The third-order valence-corrected chi connectivity index (χ3v) is 12.4. The summed E-state index contributed by atoms with van der Waals surface area (Å²) >= 11 is 0. The smallest absolute Gasteiger partial charge is 0.180 e. The molecular formula is C31H23NSi. The van der Waals surface area contributed by atoms with Crippen LogP contribution in [0.4, 0.5) is 0 Å². The Kier molecular flexibility index (Phi) is 3.85. The highest BCUT2D eigenvalue weighted by Gasteiger charge is 2.49. The molecule has 33 heavy (non-hydrogen) atoms. The van der Waals surface area contributed by atoms with Crippen molar-refractivity contribution in [2.24, 2.45) is 7.05 Å². The molecule has 2 heteroatoms. The molecule has 2 heterocycles. The van der Waals surface area contributed by atoms with Crippen molar-refractivity contribution in [1.29, 1.82) is 0 Å². The summed E-state index contributed by atoms with van der Waals surface area (Å²) in [6.07, 6.45) is 0. The normalized spacial score (nSPS) is 13.8. The number of hydrogen-bond donors (Lipinski definition) is 0. The van der Waals surface area contributed by atoms with Crippen molar-refractivity contribution in [2.75, 3.05) is 0 Å². The molecule has 0 spiro atoms. The summed E-state index contributed by atoms with van der Waals surface area (Å²) < 4.78 is 2.40. The van der Waals surface area contributed by atoms with E-state index in [4.69, 9.17) is 0 Å². The zero-order valence-corrected chi connectivity index (χ0v) is 19.5. The Morgan fingerprint density at radius 2 is 1.12 bits per heavy atom. The molecule has 0 aliphatic carbocycles. The standard InChI is InChI=1S/C31H23NSi/c1-32-27-18-10-8-16-24(27)25-20-21-29-30(31(25)32)26-17-9-11-19-28(26)33(29,22-12-4-2-5-13-22)23-14-6-3-7-15-23/h2-21H,1H3. The minimum Gasteiger partial charge on any atom is -0.343 e. The number of benzene rings is 5. The number of aromatic nitrogens is 1. The second-order valence-electron chi connectivity index (χ2n) is 8.99. The van der Waals surface area contributed by atoms with Crippen LogP contribution in [0.25, 0.3) is 32.9 Å². The van der Waals surface area contributed by atoms with E-state index in [1.807, 2.05) is 0 Å². The summed E-state index contributed by atoms with van der Waals surface area (Å²) in [5, 5.41) is 8.55. The second-order valence-corrected chi connectivity index (χ2v) is 12.7. The van der Waals surface area contributed by atoms with Crippen molar-refractivity contribution >= 4 is 50.6 Å². The molecule has 0 unspecified atom stereocenters. The largest absolute Gasteiger partial charge is 0.343 e. The topological polar surface area (TPSA) is 4.93 Å². The van der Waals surface area contributed by atoms with Gasteiger partial charge in [-0.05, 0) is 32.4 Å². The number of fused-ring (bicyclic) bond motifs is 7. The van der Waals surface area contributed by atoms with Gasteiger partial charge in [0.25, 0.3) is 0 Å². The Balaban J connectivity index is 1.73. The van der Waals surface area contributed by atoms with Gasteiger partial charge in [0.15, 0.2) is 8.07 Å². The maximum atomic E-state index is 2.44. The summed E-state index contributed by atoms with van der Waals surface area (Å²) in [6, 6.07) is 45.2. The number of rotatable bonds is 2. The zero-order valence-electron chi connectivity index (χ0n) is 18.5. The van der Waals surface area contributed by atoms with Crippen LogP contribution in [0.5, 0.6) is 0 Å². The van der Waals surface area contributed by atoms with E-state index < -0.39 is 8.07 Å². The zero-order chi connectivity index (χ0) is 22.0. The molecule has 5 aromatic carbocycles. The third kappa shape index (κ3) is 2.31. The molecule has 0 atom stereocenters. The van der Waals surface area contributed by atoms with E-state index in [1.165, 1.54) is 53.7 Å². The molecule has 0 amide bonds. The lowest BCUT2D eigenvalue weighted by Gasteiger charge is -2.31. The van der Waals surface area contributed by atoms with Crippen LogP contribution in [0, 0.1) is 0 Å². The first kappa shape index (κ1) is 18.7. The van der Waals surface area contributed by atoms with Crippen LogP contribution in [-0.2, 0) is 7.05 Å². The second kappa shape index (κ2) is 6.81. The Morgan fingerprint density at radius 1 is 0.515 bits per heavy atom. The summed E-state index contributed by atoms with van der Waals surface area (Å²) in [6.45, 7) is 0. The molecule has 0 radical (unpaired) electrons. The summed E-state index contributed by atoms with van der Waals surface area (Å²) in [4.78, 5) is 0. The molecule has 0 saturated carbocycles. The van der Waals surface area contributed by atoms with E-state index in [-0.39, 0.29) is 0 Å². The van der Waals surface area contributed by atoms with E-state index in [9.17, 15) is 0 Å². The molecular weight excluding hydrogens is 414 g/mol. The van der Waals surface area contributed by atoms with E-state index in [0.29, 0.717) is 0 Å². The molecule has 0 N–H and O–H groups in total. The van der Waals surface area contributed by atoms with Gasteiger partial charge >= 0.3 is 0 Å². The first-order valence-corrected chi connectivity index (χ1v) is 13.5. The van der Waals surface area contributed by atoms with Gasteiger partial charge in [-0.25, -0.2) is 0 Å². The van der Waals surface area contributed by atoms with Crippen LogP contribution < -0.4 is 20.7 Å². The molecule has 1 aliphatic rings. The highest BCUT2D eigenvalue weighted by Crippen LogP contribution is 2.38. The van der Waals surface area contributed by atoms with Crippen molar-refractivity contribution < 1.29 is 0 Å². The molecule has 1 nitrogen and oxygen atoms in total. The van der Waals surface area contributed by atoms with Crippen molar-refractivity contribution in [2.45, 2.75) is 0 Å². The van der Waals surface area contributed by atoms with Crippen molar-refractivity contribution in [3.63, 3.8) is 0 Å². The summed E-state index contributed by atoms with van der Waals surface area (Å²) in [7, 11) is -0.206. The van der Waals surface area contributed by atoms with Crippen LogP contribution >= 0.6 is 0 Å². The van der Waals surface area contributed by atoms with Crippen LogP contribution in [0.15, 0.2) is 121 Å². The van der Waals surface area contributed by atoms with Gasteiger partial charge in [-0.3, -0.25) is 0 Å².